The summed E-state index contributed by atoms with van der Waals surface area (Å²) >= 11 is 9.44. The zero-order valence-electron chi connectivity index (χ0n) is 10.9. The molecule has 0 saturated heterocycles. The lowest BCUT2D eigenvalue weighted by Crippen LogP contribution is -2.06. The number of aromatic nitrogens is 2. The van der Waals surface area contributed by atoms with Crippen molar-refractivity contribution in [2.24, 2.45) is 5.92 Å². The van der Waals surface area contributed by atoms with Gasteiger partial charge in [-0.3, -0.25) is 0 Å². The molecule has 0 fully saturated rings. The fourth-order valence-corrected chi connectivity index (χ4v) is 4.73. The number of rotatable bonds is 4. The lowest BCUT2D eigenvalue weighted by Gasteiger charge is -2.10. The van der Waals surface area contributed by atoms with Gasteiger partial charge in [0.2, 0.25) is 5.13 Å². The fourth-order valence-electron chi connectivity index (χ4n) is 2.37. The van der Waals surface area contributed by atoms with Crippen LogP contribution in [0.25, 0.3) is 0 Å². The van der Waals surface area contributed by atoms with E-state index >= 15 is 0 Å². The van der Waals surface area contributed by atoms with Crippen LogP contribution in [-0.2, 0) is 12.8 Å². The Balaban J connectivity index is 1.70. The van der Waals surface area contributed by atoms with Crippen molar-refractivity contribution in [2.45, 2.75) is 39.2 Å². The van der Waals surface area contributed by atoms with Gasteiger partial charge in [-0.15, -0.1) is 21.5 Å². The van der Waals surface area contributed by atoms with Crippen LogP contribution in [0.2, 0.25) is 4.34 Å². The summed E-state index contributed by atoms with van der Waals surface area (Å²) in [5.41, 5.74) is 1.34. The van der Waals surface area contributed by atoms with E-state index in [9.17, 15) is 0 Å². The second kappa shape index (κ2) is 5.38. The van der Waals surface area contributed by atoms with Gasteiger partial charge in [0.1, 0.15) is 5.01 Å². The second-order valence-electron chi connectivity index (χ2n) is 5.26. The van der Waals surface area contributed by atoms with Crippen LogP contribution in [-0.4, -0.2) is 10.2 Å². The summed E-state index contributed by atoms with van der Waals surface area (Å²) in [4.78, 5) is 1.41. The van der Waals surface area contributed by atoms with Crippen molar-refractivity contribution in [3.05, 3.63) is 25.9 Å². The van der Waals surface area contributed by atoms with E-state index in [0.29, 0.717) is 12.0 Å². The molecule has 0 aliphatic heterocycles. The van der Waals surface area contributed by atoms with E-state index in [0.717, 1.165) is 33.7 Å². The van der Waals surface area contributed by atoms with Crippen molar-refractivity contribution >= 4 is 39.4 Å². The first-order chi connectivity index (χ1) is 9.11. The molecule has 1 atom stereocenters. The third kappa shape index (κ3) is 2.93. The molecule has 0 spiro atoms. The molecule has 19 heavy (non-hydrogen) atoms. The maximum Gasteiger partial charge on any atom is 0.206 e. The summed E-state index contributed by atoms with van der Waals surface area (Å²) in [6.45, 7) is 4.40. The molecule has 0 saturated carbocycles. The van der Waals surface area contributed by atoms with E-state index in [2.05, 4.69) is 35.4 Å². The zero-order chi connectivity index (χ0) is 13.4. The van der Waals surface area contributed by atoms with E-state index in [1.165, 1.54) is 10.4 Å². The van der Waals surface area contributed by atoms with Crippen LogP contribution in [0.15, 0.2) is 6.07 Å². The van der Waals surface area contributed by atoms with E-state index < -0.39 is 0 Å². The number of fused-ring (bicyclic) bond motifs is 1. The predicted octanol–water partition coefficient (Wildman–Crippen LogP) is 4.55. The van der Waals surface area contributed by atoms with E-state index in [1.807, 2.05) is 0 Å². The van der Waals surface area contributed by atoms with Crippen molar-refractivity contribution < 1.29 is 0 Å². The SMILES string of the molecule is CC(C)Cc1nnc(NC2CCc3sc(Cl)cc32)s1. The Morgan fingerprint density at radius 3 is 3.05 bits per heavy atom. The lowest BCUT2D eigenvalue weighted by molar-refractivity contribution is 0.639. The first-order valence-corrected chi connectivity index (χ1v) is 8.50. The number of hydrogen-bond acceptors (Lipinski definition) is 5. The summed E-state index contributed by atoms with van der Waals surface area (Å²) < 4.78 is 0.884. The molecule has 0 amide bonds. The van der Waals surface area contributed by atoms with Crippen LogP contribution in [0.1, 0.15) is 41.8 Å². The molecule has 0 radical (unpaired) electrons. The van der Waals surface area contributed by atoms with Gasteiger partial charge in [0.05, 0.1) is 10.4 Å². The number of aryl methyl sites for hydroxylation is 1. The molecule has 0 bridgehead atoms. The number of nitrogens with one attached hydrogen (secondary N) is 1. The highest BCUT2D eigenvalue weighted by Gasteiger charge is 2.25. The molecule has 0 aromatic carbocycles. The monoisotopic (exact) mass is 313 g/mol. The Hall–Kier alpha value is -0.650. The topological polar surface area (TPSA) is 37.8 Å². The van der Waals surface area contributed by atoms with Crippen LogP contribution in [0.3, 0.4) is 0 Å². The van der Waals surface area contributed by atoms with Crippen molar-refractivity contribution in [3.63, 3.8) is 0 Å². The summed E-state index contributed by atoms with van der Waals surface area (Å²) in [6, 6.07) is 2.43. The molecule has 6 heteroatoms. The van der Waals surface area contributed by atoms with Crippen molar-refractivity contribution in [2.75, 3.05) is 5.32 Å². The molecule has 1 aliphatic carbocycles. The minimum Gasteiger partial charge on any atom is -0.353 e. The van der Waals surface area contributed by atoms with E-state index in [-0.39, 0.29) is 0 Å². The summed E-state index contributed by atoms with van der Waals surface area (Å²) in [5.74, 6) is 0.620. The molecule has 1 unspecified atom stereocenters. The van der Waals surface area contributed by atoms with Gasteiger partial charge in [0.25, 0.3) is 0 Å². The predicted molar refractivity (Wildman–Crippen MR) is 82.5 cm³/mol. The van der Waals surface area contributed by atoms with Crippen molar-refractivity contribution in [1.29, 1.82) is 0 Å². The quantitative estimate of drug-likeness (QED) is 0.899. The molecular formula is C13H16ClN3S2. The highest BCUT2D eigenvalue weighted by atomic mass is 35.5. The van der Waals surface area contributed by atoms with Gasteiger partial charge in [-0.1, -0.05) is 36.8 Å². The van der Waals surface area contributed by atoms with E-state index in [1.54, 1.807) is 22.7 Å². The third-order valence-corrected chi connectivity index (χ3v) is 5.41. The summed E-state index contributed by atoms with van der Waals surface area (Å²) in [5, 5.41) is 14.0. The minimum atomic E-state index is 0.346. The molecule has 102 valence electrons. The van der Waals surface area contributed by atoms with Gasteiger partial charge in [-0.25, -0.2) is 0 Å². The van der Waals surface area contributed by atoms with Gasteiger partial charge < -0.3 is 5.32 Å². The molecule has 3 nitrogen and oxygen atoms in total. The zero-order valence-corrected chi connectivity index (χ0v) is 13.3. The highest BCUT2D eigenvalue weighted by molar-refractivity contribution is 7.16. The summed E-state index contributed by atoms with van der Waals surface area (Å²) in [6.07, 6.45) is 3.24. The van der Waals surface area contributed by atoms with E-state index in [4.69, 9.17) is 11.6 Å². The minimum absolute atomic E-state index is 0.346. The normalized spacial score (nSPS) is 18.0. The van der Waals surface area contributed by atoms with Crippen LogP contribution in [0.4, 0.5) is 5.13 Å². The molecule has 2 aromatic rings. The lowest BCUT2D eigenvalue weighted by atomic mass is 10.1. The number of anilines is 1. The molecule has 3 rings (SSSR count). The number of thiophene rings is 1. The Morgan fingerprint density at radius 1 is 1.42 bits per heavy atom. The van der Waals surface area contributed by atoms with Crippen molar-refractivity contribution in [3.8, 4) is 0 Å². The van der Waals surface area contributed by atoms with Crippen LogP contribution < -0.4 is 5.32 Å². The molecule has 2 heterocycles. The van der Waals surface area contributed by atoms with Gasteiger partial charge in [0.15, 0.2) is 0 Å². The standard InChI is InChI=1S/C13H16ClN3S2/c1-7(2)5-12-16-17-13(19-12)15-9-3-4-10-8(9)6-11(14)18-10/h6-7,9H,3-5H2,1-2H3,(H,15,17). The van der Waals surface area contributed by atoms with Crippen LogP contribution in [0.5, 0.6) is 0 Å². The van der Waals surface area contributed by atoms with Crippen molar-refractivity contribution in [1.82, 2.24) is 10.2 Å². The molecule has 2 aromatic heterocycles. The highest BCUT2D eigenvalue weighted by Crippen LogP contribution is 2.41. The molecular weight excluding hydrogens is 298 g/mol. The number of halogens is 1. The third-order valence-electron chi connectivity index (χ3n) is 3.19. The second-order valence-corrected chi connectivity index (χ2v) is 8.09. The first kappa shape index (κ1) is 13.3. The van der Waals surface area contributed by atoms with Gasteiger partial charge in [-0.05, 0) is 30.4 Å². The Kier molecular flexibility index (Phi) is 3.78. The summed E-state index contributed by atoms with van der Waals surface area (Å²) in [7, 11) is 0. The largest absolute Gasteiger partial charge is 0.353 e. The van der Waals surface area contributed by atoms with Gasteiger partial charge in [0, 0.05) is 11.3 Å². The first-order valence-electron chi connectivity index (χ1n) is 6.49. The fraction of sp³-hybridized carbons (Fsp3) is 0.538. The maximum atomic E-state index is 6.07. The Labute approximate surface area is 126 Å². The Morgan fingerprint density at radius 2 is 2.26 bits per heavy atom. The average Bonchev–Trinajstić information content (AvgIpc) is 2.97. The maximum absolute atomic E-state index is 6.07. The average molecular weight is 314 g/mol. The van der Waals surface area contributed by atoms with Gasteiger partial charge >= 0.3 is 0 Å². The Bertz CT molecular complexity index is 576. The smallest absolute Gasteiger partial charge is 0.206 e. The number of hydrogen-bond donors (Lipinski definition) is 1. The van der Waals surface area contributed by atoms with Crippen LogP contribution >= 0.6 is 34.3 Å². The molecule has 1 aliphatic rings. The number of nitrogens with zero attached hydrogens (tertiary/aromatic N) is 2. The molecule has 1 N–H and O–H groups in total. The van der Waals surface area contributed by atoms with Gasteiger partial charge in [-0.2, -0.15) is 0 Å². The van der Waals surface area contributed by atoms with Crippen LogP contribution in [0, 0.1) is 5.92 Å².